The first kappa shape index (κ1) is 18.1. The minimum Gasteiger partial charge on any atom is -0.482 e. The molecule has 0 amide bonds. The van der Waals surface area contributed by atoms with Gasteiger partial charge in [0.15, 0.2) is 6.61 Å². The van der Waals surface area contributed by atoms with E-state index in [1.807, 2.05) is 6.92 Å². The number of benzene rings is 1. The third-order valence-electron chi connectivity index (χ3n) is 4.13. The first-order valence-corrected chi connectivity index (χ1v) is 8.82. The van der Waals surface area contributed by atoms with Gasteiger partial charge in [-0.2, -0.15) is 0 Å². The van der Waals surface area contributed by atoms with Crippen LogP contribution in [0.5, 0.6) is 5.75 Å². The maximum absolute atomic E-state index is 12.0. The van der Waals surface area contributed by atoms with Gasteiger partial charge >= 0.3 is 11.6 Å². The summed E-state index contributed by atoms with van der Waals surface area (Å²) >= 11 is 5.93. The van der Waals surface area contributed by atoms with E-state index in [0.29, 0.717) is 27.7 Å². The number of esters is 1. The fraction of sp³-hybridized carbons (Fsp3) is 0.150. The van der Waals surface area contributed by atoms with Gasteiger partial charge in [0.2, 0.25) is 0 Å². The monoisotopic (exact) mass is 398 g/mol. The van der Waals surface area contributed by atoms with Crippen LogP contribution in [0.1, 0.15) is 11.3 Å². The normalized spacial score (nSPS) is 11.1. The molecule has 0 saturated heterocycles. The van der Waals surface area contributed by atoms with Crippen molar-refractivity contribution in [1.82, 2.24) is 9.38 Å². The smallest absolute Gasteiger partial charge is 0.344 e. The molecule has 7 nitrogen and oxygen atoms in total. The molecule has 0 radical (unpaired) electrons. The summed E-state index contributed by atoms with van der Waals surface area (Å²) in [6, 6.07) is 9.98. The predicted octanol–water partition coefficient (Wildman–Crippen LogP) is 3.52. The molecule has 3 aromatic heterocycles. The van der Waals surface area contributed by atoms with Crippen molar-refractivity contribution in [3.05, 3.63) is 75.5 Å². The highest BCUT2D eigenvalue weighted by Crippen LogP contribution is 2.22. The van der Waals surface area contributed by atoms with Crippen molar-refractivity contribution in [2.24, 2.45) is 0 Å². The summed E-state index contributed by atoms with van der Waals surface area (Å²) in [7, 11) is 0. The van der Waals surface area contributed by atoms with Crippen molar-refractivity contribution in [3.8, 4) is 5.75 Å². The highest BCUT2D eigenvalue weighted by molar-refractivity contribution is 6.30. The molecule has 28 heavy (non-hydrogen) atoms. The van der Waals surface area contributed by atoms with E-state index in [1.54, 1.807) is 47.1 Å². The molecule has 4 aromatic rings. The minimum atomic E-state index is -0.541. The number of carbonyl (C=O) groups excluding carboxylic acids is 1. The topological polar surface area (TPSA) is 83.0 Å². The number of nitrogens with zero attached hydrogens (tertiary/aromatic N) is 2. The summed E-state index contributed by atoms with van der Waals surface area (Å²) in [6.45, 7) is 1.57. The molecular weight excluding hydrogens is 384 g/mol. The number of aryl methyl sites for hydroxylation is 1. The third kappa shape index (κ3) is 3.84. The average Bonchev–Trinajstić information content (AvgIpc) is 3.06. The molecule has 0 atom stereocenters. The number of imidazole rings is 1. The van der Waals surface area contributed by atoms with Gasteiger partial charge in [0.05, 0.1) is 10.7 Å². The fourth-order valence-corrected chi connectivity index (χ4v) is 2.99. The second-order valence-electron chi connectivity index (χ2n) is 6.20. The zero-order valence-electron chi connectivity index (χ0n) is 14.8. The molecule has 3 heterocycles. The second kappa shape index (κ2) is 7.36. The number of hydrogen-bond donors (Lipinski definition) is 0. The Morgan fingerprint density at radius 2 is 2.07 bits per heavy atom. The average molecular weight is 399 g/mol. The molecule has 0 saturated carbocycles. The van der Waals surface area contributed by atoms with Gasteiger partial charge in [-0.05, 0) is 36.8 Å². The number of ether oxygens (including phenoxy) is 2. The van der Waals surface area contributed by atoms with E-state index in [2.05, 4.69) is 4.98 Å². The van der Waals surface area contributed by atoms with Gasteiger partial charge in [0, 0.05) is 29.9 Å². The van der Waals surface area contributed by atoms with Crippen molar-refractivity contribution >= 4 is 34.2 Å². The molecular formula is C20H15ClN2O5. The lowest BCUT2D eigenvalue weighted by Crippen LogP contribution is -2.14. The molecule has 0 fully saturated rings. The van der Waals surface area contributed by atoms with E-state index in [9.17, 15) is 9.59 Å². The standard InChI is InChI=1S/C20H15ClN2O5/c1-12-6-19(24)28-17-7-15(3-4-16(12)17)26-11-20(25)27-10-14-9-23-8-13(21)2-5-18(23)22-14/h2-9H,10-11H2,1H3. The summed E-state index contributed by atoms with van der Waals surface area (Å²) in [5.74, 6) is -0.138. The lowest BCUT2D eigenvalue weighted by atomic mass is 10.1. The molecule has 0 bridgehead atoms. The largest absolute Gasteiger partial charge is 0.482 e. The quantitative estimate of drug-likeness (QED) is 0.378. The van der Waals surface area contributed by atoms with E-state index >= 15 is 0 Å². The Kier molecular flexibility index (Phi) is 4.75. The van der Waals surface area contributed by atoms with Crippen molar-refractivity contribution in [3.63, 3.8) is 0 Å². The molecule has 0 aliphatic heterocycles. The summed E-state index contributed by atoms with van der Waals surface area (Å²) < 4.78 is 17.5. The van der Waals surface area contributed by atoms with E-state index in [1.165, 1.54) is 6.07 Å². The Morgan fingerprint density at radius 1 is 1.21 bits per heavy atom. The van der Waals surface area contributed by atoms with E-state index in [-0.39, 0.29) is 13.2 Å². The number of rotatable bonds is 5. The molecule has 1 aromatic carbocycles. The van der Waals surface area contributed by atoms with Crippen LogP contribution in [0.15, 0.2) is 58.0 Å². The Morgan fingerprint density at radius 3 is 2.93 bits per heavy atom. The van der Waals surface area contributed by atoms with Gasteiger partial charge in [-0.25, -0.2) is 14.6 Å². The molecule has 0 spiro atoms. The highest BCUT2D eigenvalue weighted by Gasteiger charge is 2.09. The second-order valence-corrected chi connectivity index (χ2v) is 6.64. The Hall–Kier alpha value is -3.32. The van der Waals surface area contributed by atoms with Gasteiger partial charge in [-0.3, -0.25) is 0 Å². The Balaban J connectivity index is 1.37. The maximum Gasteiger partial charge on any atom is 0.344 e. The first-order valence-electron chi connectivity index (χ1n) is 8.44. The van der Waals surface area contributed by atoms with Crippen molar-refractivity contribution in [2.75, 3.05) is 6.61 Å². The molecule has 0 unspecified atom stereocenters. The van der Waals surface area contributed by atoms with E-state index in [0.717, 1.165) is 10.9 Å². The SMILES string of the molecule is Cc1cc(=O)oc2cc(OCC(=O)OCc3cn4cc(Cl)ccc4n3)ccc12. The van der Waals surface area contributed by atoms with Crippen LogP contribution in [0.25, 0.3) is 16.6 Å². The highest BCUT2D eigenvalue weighted by atomic mass is 35.5. The van der Waals surface area contributed by atoms with Crippen LogP contribution in [0.3, 0.4) is 0 Å². The lowest BCUT2D eigenvalue weighted by molar-refractivity contribution is -0.147. The van der Waals surface area contributed by atoms with Crippen LogP contribution in [0.2, 0.25) is 5.02 Å². The van der Waals surface area contributed by atoms with Gasteiger partial charge in [-0.1, -0.05) is 11.6 Å². The van der Waals surface area contributed by atoms with Crippen LogP contribution < -0.4 is 10.4 Å². The molecule has 0 N–H and O–H groups in total. The fourth-order valence-electron chi connectivity index (χ4n) is 2.82. The number of hydrogen-bond acceptors (Lipinski definition) is 6. The van der Waals surface area contributed by atoms with Crippen LogP contribution in [-0.2, 0) is 16.1 Å². The predicted molar refractivity (Wildman–Crippen MR) is 103 cm³/mol. The lowest BCUT2D eigenvalue weighted by Gasteiger charge is -2.07. The number of carbonyl (C=O) groups is 1. The molecule has 8 heteroatoms. The van der Waals surface area contributed by atoms with E-state index < -0.39 is 11.6 Å². The van der Waals surface area contributed by atoms with Crippen molar-refractivity contribution < 1.29 is 18.7 Å². The Bertz CT molecular complexity index is 1240. The van der Waals surface area contributed by atoms with Gasteiger partial charge < -0.3 is 18.3 Å². The summed E-state index contributed by atoms with van der Waals surface area (Å²) in [4.78, 5) is 27.8. The molecule has 0 aliphatic rings. The minimum absolute atomic E-state index is 0.0211. The van der Waals surface area contributed by atoms with Gasteiger partial charge in [0.1, 0.15) is 23.6 Å². The molecule has 4 rings (SSSR count). The van der Waals surface area contributed by atoms with Crippen LogP contribution in [-0.4, -0.2) is 22.0 Å². The van der Waals surface area contributed by atoms with Crippen molar-refractivity contribution in [2.45, 2.75) is 13.5 Å². The van der Waals surface area contributed by atoms with Gasteiger partial charge in [-0.15, -0.1) is 0 Å². The number of fused-ring (bicyclic) bond motifs is 2. The van der Waals surface area contributed by atoms with Crippen LogP contribution >= 0.6 is 11.6 Å². The molecule has 142 valence electrons. The zero-order chi connectivity index (χ0) is 19.7. The summed E-state index contributed by atoms with van der Waals surface area (Å²) in [6.07, 6.45) is 3.46. The Labute approximate surface area is 164 Å². The molecule has 0 aliphatic carbocycles. The zero-order valence-corrected chi connectivity index (χ0v) is 15.6. The van der Waals surface area contributed by atoms with Crippen molar-refractivity contribution in [1.29, 1.82) is 0 Å². The third-order valence-corrected chi connectivity index (χ3v) is 4.35. The summed E-state index contributed by atoms with van der Waals surface area (Å²) in [5, 5.41) is 1.39. The number of halogens is 1. The number of aromatic nitrogens is 2. The number of pyridine rings is 1. The van der Waals surface area contributed by atoms with Crippen LogP contribution in [0.4, 0.5) is 0 Å². The van der Waals surface area contributed by atoms with Gasteiger partial charge in [0.25, 0.3) is 0 Å². The van der Waals surface area contributed by atoms with E-state index in [4.69, 9.17) is 25.5 Å². The maximum atomic E-state index is 12.0. The first-order chi connectivity index (χ1) is 13.5. The van der Waals surface area contributed by atoms with Crippen LogP contribution in [0, 0.1) is 6.92 Å². The summed E-state index contributed by atoms with van der Waals surface area (Å²) in [5.41, 5.74) is 2.08.